The molecule has 2 atom stereocenters. The second-order valence-corrected chi connectivity index (χ2v) is 1.13. The number of aliphatic hydroxyl groups excluding tert-OH is 2. The highest BCUT2D eigenvalue weighted by atomic mass is 16.3. The Morgan fingerprint density at radius 2 is 1.17 bits per heavy atom. The first-order valence-electron chi connectivity index (χ1n) is 1.67. The van der Waals surface area contributed by atoms with Gasteiger partial charge >= 0.3 is 0 Å². The van der Waals surface area contributed by atoms with E-state index in [9.17, 15) is 0 Å². The second kappa shape index (κ2) is 2.16. The lowest BCUT2D eigenvalue weighted by molar-refractivity contribution is 0.0772. The van der Waals surface area contributed by atoms with Crippen molar-refractivity contribution in [2.24, 2.45) is 0 Å². The van der Waals surface area contributed by atoms with Crippen molar-refractivity contribution in [2.75, 3.05) is 0 Å². The molecule has 2 unspecified atom stereocenters. The standard InChI is InChI=1S/C4H8O2/c1-3(5)4(2)6/h3-6H,1-2H2. The van der Waals surface area contributed by atoms with Crippen LogP contribution in [0.2, 0.25) is 0 Å². The summed E-state index contributed by atoms with van der Waals surface area (Å²) in [5.41, 5.74) is 0. The Hall–Kier alpha value is -0.0800. The Labute approximate surface area is 37.4 Å². The number of hydrogen-bond donors (Lipinski definition) is 2. The van der Waals surface area contributed by atoms with Crippen molar-refractivity contribution in [1.29, 1.82) is 0 Å². The molecule has 0 aromatic heterocycles. The predicted molar refractivity (Wildman–Crippen MR) is 22.7 cm³/mol. The smallest absolute Gasteiger partial charge is 0.0800 e. The summed E-state index contributed by atoms with van der Waals surface area (Å²) in [6, 6.07) is 0. The van der Waals surface area contributed by atoms with Crippen molar-refractivity contribution in [3.8, 4) is 0 Å². The summed E-state index contributed by atoms with van der Waals surface area (Å²) in [6.07, 6.45) is -1.91. The van der Waals surface area contributed by atoms with E-state index in [1.54, 1.807) is 0 Å². The summed E-state index contributed by atoms with van der Waals surface area (Å²) in [4.78, 5) is 0. The predicted octanol–water partition coefficient (Wildman–Crippen LogP) is -0.624. The summed E-state index contributed by atoms with van der Waals surface area (Å²) >= 11 is 0. The van der Waals surface area contributed by atoms with Crippen molar-refractivity contribution in [1.82, 2.24) is 0 Å². The largest absolute Gasteiger partial charge is 0.390 e. The van der Waals surface area contributed by atoms with Gasteiger partial charge in [0, 0.05) is 0 Å². The molecular weight excluding hydrogens is 80.0 g/mol. The molecular formula is C4H8O2. The van der Waals surface area contributed by atoms with Crippen LogP contribution in [0.15, 0.2) is 0 Å². The van der Waals surface area contributed by atoms with Gasteiger partial charge in [0.1, 0.15) is 0 Å². The average molecular weight is 88.1 g/mol. The van der Waals surface area contributed by atoms with Crippen LogP contribution in [0.4, 0.5) is 0 Å². The van der Waals surface area contributed by atoms with E-state index in [1.165, 1.54) is 0 Å². The average Bonchev–Trinajstić information content (AvgIpc) is 1.36. The Morgan fingerprint density at radius 1 is 1.00 bits per heavy atom. The summed E-state index contributed by atoms with van der Waals surface area (Å²) in [7, 11) is 0. The monoisotopic (exact) mass is 88.1 g/mol. The van der Waals surface area contributed by atoms with E-state index in [1.807, 2.05) is 0 Å². The lowest BCUT2D eigenvalue weighted by Crippen LogP contribution is -2.18. The zero-order valence-electron chi connectivity index (χ0n) is 3.46. The van der Waals surface area contributed by atoms with Crippen LogP contribution in [0.25, 0.3) is 0 Å². The van der Waals surface area contributed by atoms with E-state index in [2.05, 4.69) is 13.8 Å². The van der Waals surface area contributed by atoms with Crippen molar-refractivity contribution >= 4 is 0 Å². The third-order valence-electron chi connectivity index (χ3n) is 0.444. The molecule has 6 heavy (non-hydrogen) atoms. The first kappa shape index (κ1) is 5.92. The molecule has 36 valence electrons. The van der Waals surface area contributed by atoms with Crippen molar-refractivity contribution in [3.63, 3.8) is 0 Å². The van der Waals surface area contributed by atoms with Gasteiger partial charge in [0.15, 0.2) is 0 Å². The van der Waals surface area contributed by atoms with Gasteiger partial charge in [0.2, 0.25) is 0 Å². The number of rotatable bonds is 1. The van der Waals surface area contributed by atoms with E-state index < -0.39 is 12.2 Å². The fourth-order valence-corrected chi connectivity index (χ4v) is 0. The maximum absolute atomic E-state index is 8.21. The fourth-order valence-electron chi connectivity index (χ4n) is 0. The minimum Gasteiger partial charge on any atom is -0.390 e. The third kappa shape index (κ3) is 2.18. The molecule has 0 aliphatic rings. The molecule has 0 saturated heterocycles. The first-order chi connectivity index (χ1) is 2.64. The SMILES string of the molecule is [CH2]C(O)C([CH2])O. The molecule has 0 aromatic carbocycles. The maximum Gasteiger partial charge on any atom is 0.0800 e. The van der Waals surface area contributed by atoms with Crippen LogP contribution in [0.5, 0.6) is 0 Å². The molecule has 2 heteroatoms. The van der Waals surface area contributed by atoms with Crippen molar-refractivity contribution in [3.05, 3.63) is 13.8 Å². The van der Waals surface area contributed by atoms with Gasteiger partial charge < -0.3 is 10.2 Å². The first-order valence-corrected chi connectivity index (χ1v) is 1.67. The molecule has 0 fully saturated rings. The molecule has 0 spiro atoms. The molecule has 0 aliphatic carbocycles. The highest BCUT2D eigenvalue weighted by Crippen LogP contribution is 1.84. The molecule has 2 radical (unpaired) electrons. The Balaban J connectivity index is 2.99. The van der Waals surface area contributed by atoms with Gasteiger partial charge in [-0.15, -0.1) is 0 Å². The van der Waals surface area contributed by atoms with Crippen molar-refractivity contribution < 1.29 is 10.2 Å². The highest BCUT2D eigenvalue weighted by molar-refractivity contribution is 4.69. The molecule has 0 heterocycles. The molecule has 2 N–H and O–H groups in total. The minimum atomic E-state index is -0.954. The molecule has 0 rings (SSSR count). The highest BCUT2D eigenvalue weighted by Gasteiger charge is 2.00. The lowest BCUT2D eigenvalue weighted by atomic mass is 10.3. The van der Waals surface area contributed by atoms with Crippen molar-refractivity contribution in [2.45, 2.75) is 12.2 Å². The molecule has 2 nitrogen and oxygen atoms in total. The normalized spacial score (nSPS) is 20.0. The van der Waals surface area contributed by atoms with Crippen LogP contribution in [-0.4, -0.2) is 22.4 Å². The third-order valence-corrected chi connectivity index (χ3v) is 0.444. The van der Waals surface area contributed by atoms with Gasteiger partial charge in [-0.05, 0) is 13.8 Å². The quantitative estimate of drug-likeness (QED) is 0.448. The van der Waals surface area contributed by atoms with Gasteiger partial charge in [-0.1, -0.05) is 0 Å². The van der Waals surface area contributed by atoms with E-state index in [0.717, 1.165) is 0 Å². The second-order valence-electron chi connectivity index (χ2n) is 1.13. The summed E-state index contributed by atoms with van der Waals surface area (Å²) in [5.74, 6) is 0. The Kier molecular flexibility index (Phi) is 2.13. The van der Waals surface area contributed by atoms with Gasteiger partial charge in [0.05, 0.1) is 12.2 Å². The zero-order valence-corrected chi connectivity index (χ0v) is 3.46. The molecule has 0 bridgehead atoms. The van der Waals surface area contributed by atoms with E-state index >= 15 is 0 Å². The fraction of sp³-hybridized carbons (Fsp3) is 0.500. The van der Waals surface area contributed by atoms with Crippen LogP contribution in [0, 0.1) is 13.8 Å². The maximum atomic E-state index is 8.21. The summed E-state index contributed by atoms with van der Waals surface area (Å²) < 4.78 is 0. The van der Waals surface area contributed by atoms with Gasteiger partial charge in [-0.2, -0.15) is 0 Å². The van der Waals surface area contributed by atoms with Gasteiger partial charge in [-0.25, -0.2) is 0 Å². The van der Waals surface area contributed by atoms with Gasteiger partial charge in [-0.3, -0.25) is 0 Å². The molecule has 0 saturated carbocycles. The van der Waals surface area contributed by atoms with E-state index in [-0.39, 0.29) is 0 Å². The van der Waals surface area contributed by atoms with Crippen LogP contribution in [0.3, 0.4) is 0 Å². The number of aliphatic hydroxyl groups is 2. The topological polar surface area (TPSA) is 40.5 Å². The van der Waals surface area contributed by atoms with Gasteiger partial charge in [0.25, 0.3) is 0 Å². The van der Waals surface area contributed by atoms with Crippen LogP contribution < -0.4 is 0 Å². The van der Waals surface area contributed by atoms with Crippen LogP contribution in [-0.2, 0) is 0 Å². The zero-order chi connectivity index (χ0) is 5.15. The van der Waals surface area contributed by atoms with E-state index in [0.29, 0.717) is 0 Å². The number of hydrogen-bond acceptors (Lipinski definition) is 2. The van der Waals surface area contributed by atoms with E-state index in [4.69, 9.17) is 10.2 Å². The lowest BCUT2D eigenvalue weighted by Gasteiger charge is -2.03. The molecule has 0 aromatic rings. The van der Waals surface area contributed by atoms with Crippen LogP contribution >= 0.6 is 0 Å². The van der Waals surface area contributed by atoms with Crippen LogP contribution in [0.1, 0.15) is 0 Å². The Bertz CT molecular complexity index is 26.5. The Morgan fingerprint density at radius 3 is 1.17 bits per heavy atom. The molecule has 0 amide bonds. The summed E-state index contributed by atoms with van der Waals surface area (Å²) in [6.45, 7) is 6.16. The minimum absolute atomic E-state index is 0.954. The molecule has 0 aliphatic heterocycles. The summed E-state index contributed by atoms with van der Waals surface area (Å²) in [5, 5.41) is 16.4.